The zero-order chi connectivity index (χ0) is 29.3. The lowest BCUT2D eigenvalue weighted by atomic mass is 9.86. The highest BCUT2D eigenvalue weighted by molar-refractivity contribution is 6.76. The van der Waals surface area contributed by atoms with Crippen LogP contribution in [0.4, 0.5) is 16.4 Å². The van der Waals surface area contributed by atoms with Gasteiger partial charge in [-0.15, -0.1) is 10.2 Å². The van der Waals surface area contributed by atoms with Crippen molar-refractivity contribution >= 4 is 25.8 Å². The number of benzene rings is 1. The van der Waals surface area contributed by atoms with Gasteiger partial charge in [-0.25, -0.2) is 4.79 Å². The van der Waals surface area contributed by atoms with Crippen LogP contribution in [-0.2, 0) is 16.2 Å². The second kappa shape index (κ2) is 11.9. The molecule has 2 aromatic rings. The molecule has 3 aliphatic heterocycles. The van der Waals surface area contributed by atoms with Crippen LogP contribution in [0.2, 0.25) is 25.7 Å². The van der Waals surface area contributed by atoms with Gasteiger partial charge in [-0.3, -0.25) is 4.57 Å². The number of rotatable bonds is 8. The van der Waals surface area contributed by atoms with Crippen molar-refractivity contribution < 1.29 is 14.3 Å². The summed E-state index contributed by atoms with van der Waals surface area (Å²) in [5, 5.41) is 13.0. The first-order valence-corrected chi connectivity index (χ1v) is 18.9. The lowest BCUT2D eigenvalue weighted by molar-refractivity contribution is 0.0186. The number of carbonyl (C=O) groups excluding carboxylic acids is 1. The Bertz CT molecular complexity index is 1180. The van der Waals surface area contributed by atoms with Crippen molar-refractivity contribution in [1.82, 2.24) is 25.0 Å². The van der Waals surface area contributed by atoms with Crippen molar-refractivity contribution in [2.24, 2.45) is 5.41 Å². The van der Waals surface area contributed by atoms with Crippen LogP contribution in [0.15, 0.2) is 30.3 Å². The molecule has 3 fully saturated rings. The van der Waals surface area contributed by atoms with E-state index >= 15 is 0 Å². The monoisotopic (exact) mass is 583 g/mol. The van der Waals surface area contributed by atoms with Crippen LogP contribution >= 0.6 is 0 Å². The van der Waals surface area contributed by atoms with Crippen LogP contribution < -0.4 is 15.1 Å². The first-order valence-electron chi connectivity index (χ1n) is 15.2. The maximum atomic E-state index is 12.9. The normalized spacial score (nSPS) is 23.6. The summed E-state index contributed by atoms with van der Waals surface area (Å²) in [5.74, 6) is 1.69. The van der Waals surface area contributed by atoms with E-state index in [1.165, 1.54) is 12.1 Å². The van der Waals surface area contributed by atoms with Gasteiger partial charge in [0.2, 0.25) is 5.95 Å². The number of nitrogens with one attached hydrogen (secondary N) is 1. The van der Waals surface area contributed by atoms with Gasteiger partial charge >= 0.3 is 6.09 Å². The largest absolute Gasteiger partial charge is 0.444 e. The van der Waals surface area contributed by atoms with E-state index in [1.54, 1.807) is 4.90 Å². The van der Waals surface area contributed by atoms with Gasteiger partial charge in [-0.2, -0.15) is 0 Å². The van der Waals surface area contributed by atoms with Gasteiger partial charge in [0.1, 0.15) is 12.3 Å². The summed E-state index contributed by atoms with van der Waals surface area (Å²) in [4.78, 5) is 19.6. The highest BCUT2D eigenvalue weighted by Gasteiger charge is 2.45. The number of hydrogen-bond acceptors (Lipinski definition) is 8. The third-order valence-corrected chi connectivity index (χ3v) is 10.1. The molecule has 1 amide bonds. The molecule has 4 heterocycles. The summed E-state index contributed by atoms with van der Waals surface area (Å²) < 4.78 is 14.1. The van der Waals surface area contributed by atoms with Crippen LogP contribution in [-0.4, -0.2) is 91.9 Å². The third-order valence-electron chi connectivity index (χ3n) is 8.40. The van der Waals surface area contributed by atoms with Crippen molar-refractivity contribution in [3.63, 3.8) is 0 Å². The molecular formula is C30H49N7O3Si. The number of ether oxygens (including phenoxy) is 2. The molecule has 10 nitrogen and oxygen atoms in total. The van der Waals surface area contributed by atoms with Gasteiger partial charge in [0, 0.05) is 71.6 Å². The van der Waals surface area contributed by atoms with E-state index in [4.69, 9.17) is 19.7 Å². The molecule has 0 radical (unpaired) electrons. The predicted octanol–water partition coefficient (Wildman–Crippen LogP) is 4.58. The van der Waals surface area contributed by atoms with Crippen LogP contribution in [0.25, 0.3) is 0 Å². The second-order valence-corrected chi connectivity index (χ2v) is 19.9. The quantitative estimate of drug-likeness (QED) is 0.357. The molecule has 1 N–H and O–H groups in total. The Labute approximate surface area is 246 Å². The van der Waals surface area contributed by atoms with Gasteiger partial charge < -0.3 is 29.5 Å². The number of amides is 1. The molecule has 11 heteroatoms. The molecule has 0 bridgehead atoms. The van der Waals surface area contributed by atoms with Crippen molar-refractivity contribution in [3.05, 3.63) is 36.2 Å². The summed E-state index contributed by atoms with van der Waals surface area (Å²) in [6.07, 6.45) is 2.04. The Kier molecular flexibility index (Phi) is 8.68. The van der Waals surface area contributed by atoms with E-state index < -0.39 is 13.7 Å². The number of carbonyl (C=O) groups is 1. The minimum atomic E-state index is -1.21. The first kappa shape index (κ1) is 29.8. The fourth-order valence-corrected chi connectivity index (χ4v) is 6.86. The Morgan fingerprint density at radius 3 is 2.46 bits per heavy atom. The molecule has 0 saturated carbocycles. The minimum Gasteiger partial charge on any atom is -0.444 e. The van der Waals surface area contributed by atoms with Gasteiger partial charge in [0.05, 0.1) is 6.04 Å². The van der Waals surface area contributed by atoms with Crippen LogP contribution in [0.1, 0.15) is 45.5 Å². The molecule has 1 spiro atoms. The highest BCUT2D eigenvalue weighted by Crippen LogP contribution is 2.42. The third kappa shape index (κ3) is 7.42. The highest BCUT2D eigenvalue weighted by atomic mass is 28.3. The van der Waals surface area contributed by atoms with Crippen molar-refractivity contribution in [1.29, 1.82) is 0 Å². The summed E-state index contributed by atoms with van der Waals surface area (Å²) in [6, 6.07) is 11.7. The molecule has 3 aliphatic rings. The van der Waals surface area contributed by atoms with E-state index in [9.17, 15) is 4.79 Å². The fraction of sp³-hybridized carbons (Fsp3) is 0.700. The smallest absolute Gasteiger partial charge is 0.410 e. The molecule has 3 saturated heterocycles. The standard InChI is InChI=1S/C30H49N7O3Si/c1-29(2,3)40-28(38)34-17-14-31-25(20-34)26-32-33-27(37(26)23-39-18-19-41(4,5)6)36-16-13-30(22-36)12-15-35(21-30)24-10-8-7-9-11-24/h7-11,25,31H,12-23H2,1-6H3. The number of para-hydroxylation sites is 1. The zero-order valence-corrected chi connectivity index (χ0v) is 26.9. The maximum Gasteiger partial charge on any atom is 0.410 e. The summed E-state index contributed by atoms with van der Waals surface area (Å²) in [5.41, 5.74) is 1.03. The van der Waals surface area contributed by atoms with E-state index in [-0.39, 0.29) is 17.6 Å². The van der Waals surface area contributed by atoms with E-state index in [1.807, 2.05) is 20.8 Å². The molecule has 0 aliphatic carbocycles. The fourth-order valence-electron chi connectivity index (χ4n) is 6.10. The van der Waals surface area contributed by atoms with Gasteiger partial charge in [-0.05, 0) is 51.8 Å². The number of aromatic nitrogens is 3. The van der Waals surface area contributed by atoms with Crippen LogP contribution in [0.5, 0.6) is 0 Å². The van der Waals surface area contributed by atoms with Crippen molar-refractivity contribution in [2.75, 3.05) is 62.2 Å². The summed E-state index contributed by atoms with van der Waals surface area (Å²) in [7, 11) is -1.21. The lowest BCUT2D eigenvalue weighted by Crippen LogP contribution is -2.50. The molecule has 41 heavy (non-hydrogen) atoms. The van der Waals surface area contributed by atoms with E-state index in [0.29, 0.717) is 26.4 Å². The Morgan fingerprint density at radius 2 is 1.76 bits per heavy atom. The topological polar surface area (TPSA) is 88.0 Å². The number of nitrogens with zero attached hydrogens (tertiary/aromatic N) is 6. The molecular weight excluding hydrogens is 534 g/mol. The Balaban J connectivity index is 1.32. The average molecular weight is 584 g/mol. The molecule has 226 valence electrons. The van der Waals surface area contributed by atoms with Crippen molar-refractivity contribution in [3.8, 4) is 0 Å². The van der Waals surface area contributed by atoms with E-state index in [2.05, 4.69) is 69.7 Å². The summed E-state index contributed by atoms with van der Waals surface area (Å²) >= 11 is 0. The molecule has 1 aromatic carbocycles. The SMILES string of the molecule is CC(C)(C)OC(=O)N1CCNC(c2nnc(N3CCC4(CCN(c5ccccc5)C4)C3)n2COCC[Si](C)(C)C)C1. The lowest BCUT2D eigenvalue weighted by Gasteiger charge is -2.34. The molecule has 2 unspecified atom stereocenters. The van der Waals surface area contributed by atoms with Crippen molar-refractivity contribution in [2.45, 2.75) is 77.7 Å². The summed E-state index contributed by atoms with van der Waals surface area (Å²) in [6.45, 7) is 19.8. The predicted molar refractivity (Wildman–Crippen MR) is 165 cm³/mol. The van der Waals surface area contributed by atoms with Crippen LogP contribution in [0.3, 0.4) is 0 Å². The van der Waals surface area contributed by atoms with E-state index in [0.717, 1.165) is 57.0 Å². The molecule has 5 rings (SSSR count). The average Bonchev–Trinajstić information content (AvgIpc) is 3.64. The Morgan fingerprint density at radius 1 is 1.05 bits per heavy atom. The number of hydrogen-bond donors (Lipinski definition) is 1. The molecule has 1 aromatic heterocycles. The maximum absolute atomic E-state index is 12.9. The van der Waals surface area contributed by atoms with Crippen LogP contribution in [0, 0.1) is 5.41 Å². The van der Waals surface area contributed by atoms with Gasteiger partial charge in [-0.1, -0.05) is 37.8 Å². The number of anilines is 2. The molecule has 2 atom stereocenters. The zero-order valence-electron chi connectivity index (χ0n) is 25.9. The second-order valence-electron chi connectivity index (χ2n) is 14.2. The van der Waals surface area contributed by atoms with Gasteiger partial charge in [0.15, 0.2) is 5.82 Å². The Hall–Kier alpha value is -2.63. The minimum absolute atomic E-state index is 0.144. The van der Waals surface area contributed by atoms with Gasteiger partial charge in [0.25, 0.3) is 0 Å². The number of piperazine rings is 1. The first-order chi connectivity index (χ1) is 19.4.